The maximum absolute atomic E-state index is 11.9. The zero-order valence-corrected chi connectivity index (χ0v) is 10.8. The molecule has 6 heteroatoms. The number of carbonyl (C=O) groups is 3. The first-order valence-electron chi connectivity index (χ1n) is 5.89. The van der Waals surface area contributed by atoms with E-state index in [2.05, 4.69) is 0 Å². The molecule has 0 saturated carbocycles. The van der Waals surface area contributed by atoms with Crippen LogP contribution in [0, 0.1) is 0 Å². The maximum Gasteiger partial charge on any atom is 0.337 e. The van der Waals surface area contributed by atoms with Gasteiger partial charge in [0.15, 0.2) is 0 Å². The zero-order chi connectivity index (χ0) is 14.0. The SMILES string of the molecule is O=C(O)c1ccc(N2C(=O)CCCCC2=O)cc1Cl. The summed E-state index contributed by atoms with van der Waals surface area (Å²) in [6, 6.07) is 4.06. The van der Waals surface area contributed by atoms with E-state index in [1.807, 2.05) is 0 Å². The summed E-state index contributed by atoms with van der Waals surface area (Å²) in [7, 11) is 0. The van der Waals surface area contributed by atoms with Gasteiger partial charge in [-0.1, -0.05) is 11.6 Å². The van der Waals surface area contributed by atoms with Crippen molar-refractivity contribution in [2.45, 2.75) is 25.7 Å². The molecule has 0 atom stereocenters. The van der Waals surface area contributed by atoms with E-state index in [1.54, 1.807) is 0 Å². The molecule has 2 amide bonds. The van der Waals surface area contributed by atoms with Gasteiger partial charge in [0.05, 0.1) is 16.3 Å². The highest BCUT2D eigenvalue weighted by Crippen LogP contribution is 2.26. The molecule has 0 unspecified atom stereocenters. The summed E-state index contributed by atoms with van der Waals surface area (Å²) in [6.45, 7) is 0. The Balaban J connectivity index is 2.39. The Morgan fingerprint density at radius 3 is 2.21 bits per heavy atom. The highest BCUT2D eigenvalue weighted by molar-refractivity contribution is 6.34. The lowest BCUT2D eigenvalue weighted by molar-refractivity contribution is -0.125. The van der Waals surface area contributed by atoms with Crippen LogP contribution >= 0.6 is 11.6 Å². The lowest BCUT2D eigenvalue weighted by Crippen LogP contribution is -2.35. The molecule has 0 aliphatic carbocycles. The maximum atomic E-state index is 11.9. The van der Waals surface area contributed by atoms with E-state index in [-0.39, 0.29) is 22.4 Å². The lowest BCUT2D eigenvalue weighted by Gasteiger charge is -2.19. The monoisotopic (exact) mass is 281 g/mol. The molecule has 1 aliphatic rings. The van der Waals surface area contributed by atoms with Crippen molar-refractivity contribution >= 4 is 35.1 Å². The summed E-state index contributed by atoms with van der Waals surface area (Å²) in [4.78, 5) is 35.8. The predicted molar refractivity (Wildman–Crippen MR) is 69.4 cm³/mol. The van der Waals surface area contributed by atoms with Gasteiger partial charge in [0, 0.05) is 12.8 Å². The van der Waals surface area contributed by atoms with Gasteiger partial charge in [-0.2, -0.15) is 0 Å². The van der Waals surface area contributed by atoms with Crippen molar-refractivity contribution in [2.75, 3.05) is 4.90 Å². The molecule has 1 heterocycles. The number of hydrogen-bond acceptors (Lipinski definition) is 3. The van der Waals surface area contributed by atoms with Crippen molar-refractivity contribution in [1.82, 2.24) is 0 Å². The van der Waals surface area contributed by atoms with Gasteiger partial charge in [-0.05, 0) is 31.0 Å². The third kappa shape index (κ3) is 2.76. The number of amides is 2. The highest BCUT2D eigenvalue weighted by Gasteiger charge is 2.26. The van der Waals surface area contributed by atoms with Crippen LogP contribution in [0.2, 0.25) is 5.02 Å². The van der Waals surface area contributed by atoms with Crippen molar-refractivity contribution in [3.05, 3.63) is 28.8 Å². The van der Waals surface area contributed by atoms with Crippen LogP contribution in [0.25, 0.3) is 0 Å². The minimum atomic E-state index is -1.15. The van der Waals surface area contributed by atoms with E-state index in [9.17, 15) is 14.4 Å². The van der Waals surface area contributed by atoms with E-state index < -0.39 is 5.97 Å². The van der Waals surface area contributed by atoms with Crippen LogP contribution in [0.15, 0.2) is 18.2 Å². The molecule has 5 nitrogen and oxygen atoms in total. The molecule has 1 aromatic carbocycles. The van der Waals surface area contributed by atoms with Crippen LogP contribution in [0.3, 0.4) is 0 Å². The summed E-state index contributed by atoms with van der Waals surface area (Å²) in [5.74, 6) is -1.70. The average molecular weight is 282 g/mol. The number of carboxylic acid groups (broad SMARTS) is 1. The van der Waals surface area contributed by atoms with E-state index in [0.717, 1.165) is 4.90 Å². The summed E-state index contributed by atoms with van der Waals surface area (Å²) in [5.41, 5.74) is 0.270. The normalized spacial score (nSPS) is 16.4. The van der Waals surface area contributed by atoms with Crippen LogP contribution in [0.1, 0.15) is 36.0 Å². The Morgan fingerprint density at radius 2 is 1.74 bits per heavy atom. The first-order chi connectivity index (χ1) is 9.00. The van der Waals surface area contributed by atoms with Crippen molar-refractivity contribution in [3.8, 4) is 0 Å². The zero-order valence-electron chi connectivity index (χ0n) is 10.1. The van der Waals surface area contributed by atoms with Gasteiger partial charge in [0.1, 0.15) is 0 Å². The van der Waals surface area contributed by atoms with Gasteiger partial charge in [-0.3, -0.25) is 14.5 Å². The van der Waals surface area contributed by atoms with Gasteiger partial charge in [-0.15, -0.1) is 0 Å². The van der Waals surface area contributed by atoms with Gasteiger partial charge >= 0.3 is 5.97 Å². The average Bonchev–Trinajstić information content (AvgIpc) is 2.50. The smallest absolute Gasteiger partial charge is 0.337 e. The fourth-order valence-corrected chi connectivity index (χ4v) is 2.28. The Kier molecular flexibility index (Phi) is 3.85. The summed E-state index contributed by atoms with van der Waals surface area (Å²) in [6.07, 6.45) is 1.98. The van der Waals surface area contributed by atoms with Crippen LogP contribution in [0.5, 0.6) is 0 Å². The van der Waals surface area contributed by atoms with Crippen LogP contribution in [0.4, 0.5) is 5.69 Å². The topological polar surface area (TPSA) is 74.7 Å². The molecule has 0 aromatic heterocycles. The first-order valence-corrected chi connectivity index (χ1v) is 6.27. The number of imide groups is 1. The van der Waals surface area contributed by atoms with E-state index in [0.29, 0.717) is 31.4 Å². The van der Waals surface area contributed by atoms with Crippen molar-refractivity contribution in [3.63, 3.8) is 0 Å². The van der Waals surface area contributed by atoms with Crippen LogP contribution in [-0.2, 0) is 9.59 Å². The second-order valence-electron chi connectivity index (χ2n) is 4.30. The number of halogens is 1. The van der Waals surface area contributed by atoms with E-state index in [1.165, 1.54) is 18.2 Å². The lowest BCUT2D eigenvalue weighted by atomic mass is 10.2. The summed E-state index contributed by atoms with van der Waals surface area (Å²) >= 11 is 5.85. The molecule has 1 saturated heterocycles. The molecule has 1 fully saturated rings. The number of carbonyl (C=O) groups excluding carboxylic acids is 2. The van der Waals surface area contributed by atoms with Crippen LogP contribution < -0.4 is 4.90 Å². The van der Waals surface area contributed by atoms with Crippen molar-refractivity contribution in [1.29, 1.82) is 0 Å². The number of benzene rings is 1. The largest absolute Gasteiger partial charge is 0.478 e. The van der Waals surface area contributed by atoms with E-state index in [4.69, 9.17) is 16.7 Å². The van der Waals surface area contributed by atoms with Gasteiger partial charge in [0.25, 0.3) is 0 Å². The summed E-state index contributed by atoms with van der Waals surface area (Å²) < 4.78 is 0. The molecular formula is C13H12ClNO4. The Morgan fingerprint density at radius 1 is 1.16 bits per heavy atom. The van der Waals surface area contributed by atoms with Gasteiger partial charge < -0.3 is 5.11 Å². The highest BCUT2D eigenvalue weighted by atomic mass is 35.5. The van der Waals surface area contributed by atoms with Gasteiger partial charge in [0.2, 0.25) is 11.8 Å². The summed E-state index contributed by atoms with van der Waals surface area (Å²) in [5, 5.41) is 8.89. The molecule has 0 bridgehead atoms. The molecule has 1 aromatic rings. The van der Waals surface area contributed by atoms with E-state index >= 15 is 0 Å². The number of hydrogen-bond donors (Lipinski definition) is 1. The molecular weight excluding hydrogens is 270 g/mol. The number of aromatic carboxylic acids is 1. The van der Waals surface area contributed by atoms with Crippen molar-refractivity contribution < 1.29 is 19.5 Å². The number of rotatable bonds is 2. The fraction of sp³-hybridized carbons (Fsp3) is 0.308. The standard InChI is InChI=1S/C13H12ClNO4/c14-10-7-8(5-6-9(10)13(18)19)15-11(16)3-1-2-4-12(15)17/h5-7H,1-4H2,(H,18,19). The molecule has 2 rings (SSSR count). The molecule has 19 heavy (non-hydrogen) atoms. The quantitative estimate of drug-likeness (QED) is 0.845. The number of anilines is 1. The number of carboxylic acids is 1. The second-order valence-corrected chi connectivity index (χ2v) is 4.71. The third-order valence-corrected chi connectivity index (χ3v) is 3.28. The molecule has 1 N–H and O–H groups in total. The first kappa shape index (κ1) is 13.5. The minimum absolute atomic E-state index is 0.00912. The molecule has 100 valence electrons. The van der Waals surface area contributed by atoms with Crippen molar-refractivity contribution in [2.24, 2.45) is 0 Å². The molecule has 0 spiro atoms. The molecule has 0 radical (unpaired) electrons. The van der Waals surface area contributed by atoms with Crippen LogP contribution in [-0.4, -0.2) is 22.9 Å². The Hall–Kier alpha value is -1.88. The third-order valence-electron chi connectivity index (χ3n) is 2.97. The Labute approximate surface area is 114 Å². The second kappa shape index (κ2) is 5.40. The molecule has 1 aliphatic heterocycles. The Bertz CT molecular complexity index is 538. The number of nitrogens with zero attached hydrogens (tertiary/aromatic N) is 1. The fourth-order valence-electron chi connectivity index (χ4n) is 2.02. The van der Waals surface area contributed by atoms with Gasteiger partial charge in [-0.25, -0.2) is 4.79 Å². The predicted octanol–water partition coefficient (Wildman–Crippen LogP) is 2.47. The minimum Gasteiger partial charge on any atom is -0.478 e.